The number of hydrogen-bond donors (Lipinski definition) is 0. The van der Waals surface area contributed by atoms with Gasteiger partial charge in [0.15, 0.2) is 0 Å². The largest absolute Gasteiger partial charge is 0.492 e. The molecule has 88 valence electrons. The van der Waals surface area contributed by atoms with E-state index in [-0.39, 0.29) is 5.82 Å². The lowest BCUT2D eigenvalue weighted by Gasteiger charge is -2.08. The van der Waals surface area contributed by atoms with Gasteiger partial charge in [-0.05, 0) is 45.8 Å². The van der Waals surface area contributed by atoms with Gasteiger partial charge >= 0.3 is 0 Å². The van der Waals surface area contributed by atoms with Crippen molar-refractivity contribution in [1.82, 2.24) is 4.98 Å². The molecule has 0 aliphatic heterocycles. The Morgan fingerprint density at radius 2 is 1.94 bits per heavy atom. The fourth-order valence-electron chi connectivity index (χ4n) is 1.42. The number of ether oxygens (including phenoxy) is 1. The second-order valence-corrected chi connectivity index (χ2v) is 4.38. The first-order valence-corrected chi connectivity index (χ1v) is 6.02. The van der Waals surface area contributed by atoms with Gasteiger partial charge in [-0.25, -0.2) is 4.39 Å². The smallest absolute Gasteiger partial charge is 0.136 e. The molecule has 1 aromatic heterocycles. The summed E-state index contributed by atoms with van der Waals surface area (Å²) in [7, 11) is 0. The van der Waals surface area contributed by atoms with E-state index in [0.29, 0.717) is 12.4 Å². The van der Waals surface area contributed by atoms with Crippen LogP contribution in [0.15, 0.2) is 47.2 Å². The van der Waals surface area contributed by atoms with Crippen molar-refractivity contribution in [3.63, 3.8) is 0 Å². The van der Waals surface area contributed by atoms with E-state index >= 15 is 0 Å². The van der Waals surface area contributed by atoms with Crippen LogP contribution >= 0.6 is 15.9 Å². The highest BCUT2D eigenvalue weighted by Crippen LogP contribution is 2.25. The third-order valence-electron chi connectivity index (χ3n) is 2.29. The van der Waals surface area contributed by atoms with Crippen LogP contribution in [0.4, 0.5) is 4.39 Å². The van der Waals surface area contributed by atoms with Crippen LogP contribution < -0.4 is 4.74 Å². The summed E-state index contributed by atoms with van der Waals surface area (Å²) in [5, 5.41) is 0. The maximum absolute atomic E-state index is 13.0. The predicted molar refractivity (Wildman–Crippen MR) is 67.5 cm³/mol. The SMILES string of the molecule is Fc1ccc(Br)c(OCCc2ccncc2)c1. The van der Waals surface area contributed by atoms with Gasteiger partial charge in [0.1, 0.15) is 11.6 Å². The minimum Gasteiger partial charge on any atom is -0.492 e. The fraction of sp³-hybridized carbons (Fsp3) is 0.154. The molecule has 0 fully saturated rings. The third-order valence-corrected chi connectivity index (χ3v) is 2.95. The summed E-state index contributed by atoms with van der Waals surface area (Å²) >= 11 is 3.32. The number of rotatable bonds is 4. The Morgan fingerprint density at radius 3 is 2.71 bits per heavy atom. The average molecular weight is 296 g/mol. The van der Waals surface area contributed by atoms with E-state index < -0.39 is 0 Å². The molecular formula is C13H11BrFNO. The molecule has 4 heteroatoms. The van der Waals surface area contributed by atoms with E-state index in [9.17, 15) is 4.39 Å². The molecule has 17 heavy (non-hydrogen) atoms. The summed E-state index contributed by atoms with van der Waals surface area (Å²) in [6, 6.07) is 8.27. The highest BCUT2D eigenvalue weighted by atomic mass is 79.9. The van der Waals surface area contributed by atoms with E-state index in [1.807, 2.05) is 12.1 Å². The molecule has 0 spiro atoms. The zero-order valence-corrected chi connectivity index (χ0v) is 10.7. The minimum atomic E-state index is -0.299. The van der Waals surface area contributed by atoms with Crippen molar-refractivity contribution in [1.29, 1.82) is 0 Å². The van der Waals surface area contributed by atoms with Crippen LogP contribution in [0.2, 0.25) is 0 Å². The van der Waals surface area contributed by atoms with Crippen LogP contribution in [0.5, 0.6) is 5.75 Å². The van der Waals surface area contributed by atoms with Gasteiger partial charge in [0, 0.05) is 24.9 Å². The molecule has 0 amide bonds. The summed E-state index contributed by atoms with van der Waals surface area (Å²) in [5.74, 6) is 0.228. The molecule has 0 radical (unpaired) electrons. The molecule has 2 aromatic rings. The lowest BCUT2D eigenvalue weighted by atomic mass is 10.2. The van der Waals surface area contributed by atoms with Crippen molar-refractivity contribution >= 4 is 15.9 Å². The maximum Gasteiger partial charge on any atom is 0.136 e. The molecule has 0 N–H and O–H groups in total. The van der Waals surface area contributed by atoms with Crippen molar-refractivity contribution < 1.29 is 9.13 Å². The molecule has 0 aliphatic carbocycles. The first-order chi connectivity index (χ1) is 8.25. The van der Waals surface area contributed by atoms with Gasteiger partial charge < -0.3 is 4.74 Å². The van der Waals surface area contributed by atoms with Gasteiger partial charge in [-0.15, -0.1) is 0 Å². The minimum absolute atomic E-state index is 0.299. The summed E-state index contributed by atoms with van der Waals surface area (Å²) in [6.45, 7) is 0.506. The molecule has 2 rings (SSSR count). The first kappa shape index (κ1) is 12.0. The summed E-state index contributed by atoms with van der Waals surface area (Å²) < 4.78 is 19.3. The third kappa shape index (κ3) is 3.53. The van der Waals surface area contributed by atoms with Crippen molar-refractivity contribution in [3.05, 3.63) is 58.6 Å². The van der Waals surface area contributed by atoms with Crippen LogP contribution in [-0.2, 0) is 6.42 Å². The highest BCUT2D eigenvalue weighted by Gasteiger charge is 2.02. The van der Waals surface area contributed by atoms with Crippen LogP contribution in [0.25, 0.3) is 0 Å². The lowest BCUT2D eigenvalue weighted by molar-refractivity contribution is 0.318. The molecule has 2 nitrogen and oxygen atoms in total. The molecule has 0 unspecified atom stereocenters. The molecule has 0 saturated heterocycles. The lowest BCUT2D eigenvalue weighted by Crippen LogP contribution is -2.02. The normalized spacial score (nSPS) is 10.2. The van der Waals surface area contributed by atoms with Crippen LogP contribution in [0, 0.1) is 5.82 Å². The van der Waals surface area contributed by atoms with E-state index in [2.05, 4.69) is 20.9 Å². The Bertz CT molecular complexity index is 490. The van der Waals surface area contributed by atoms with Crippen molar-refractivity contribution in [3.8, 4) is 5.75 Å². The Labute approximate surface area is 108 Å². The van der Waals surface area contributed by atoms with Gasteiger partial charge in [0.2, 0.25) is 0 Å². The zero-order chi connectivity index (χ0) is 12.1. The number of nitrogens with zero attached hydrogens (tertiary/aromatic N) is 1. The topological polar surface area (TPSA) is 22.1 Å². The summed E-state index contributed by atoms with van der Waals surface area (Å²) in [6.07, 6.45) is 4.26. The quantitative estimate of drug-likeness (QED) is 0.860. The monoisotopic (exact) mass is 295 g/mol. The van der Waals surface area contributed by atoms with Gasteiger partial charge in [-0.2, -0.15) is 0 Å². The Hall–Kier alpha value is -1.42. The van der Waals surface area contributed by atoms with E-state index in [4.69, 9.17) is 4.74 Å². The first-order valence-electron chi connectivity index (χ1n) is 5.22. The van der Waals surface area contributed by atoms with Gasteiger partial charge in [0.05, 0.1) is 11.1 Å². The molecule has 1 aromatic carbocycles. The average Bonchev–Trinajstić information content (AvgIpc) is 2.35. The van der Waals surface area contributed by atoms with Crippen LogP contribution in [-0.4, -0.2) is 11.6 Å². The fourth-order valence-corrected chi connectivity index (χ4v) is 1.78. The molecule has 1 heterocycles. The number of halogens is 2. The van der Waals surface area contributed by atoms with Gasteiger partial charge in [-0.3, -0.25) is 4.98 Å². The van der Waals surface area contributed by atoms with E-state index in [0.717, 1.165) is 16.5 Å². The van der Waals surface area contributed by atoms with Crippen molar-refractivity contribution in [2.24, 2.45) is 0 Å². The van der Waals surface area contributed by atoms with Gasteiger partial charge in [-0.1, -0.05) is 0 Å². The Balaban J connectivity index is 1.92. The standard InChI is InChI=1S/C13H11BrFNO/c14-12-2-1-11(15)9-13(12)17-8-5-10-3-6-16-7-4-10/h1-4,6-7,9H,5,8H2. The maximum atomic E-state index is 13.0. The second kappa shape index (κ2) is 5.77. The number of benzene rings is 1. The van der Waals surface area contributed by atoms with Crippen LogP contribution in [0.1, 0.15) is 5.56 Å². The van der Waals surface area contributed by atoms with Crippen molar-refractivity contribution in [2.45, 2.75) is 6.42 Å². The number of pyridine rings is 1. The Kier molecular flexibility index (Phi) is 4.09. The molecule has 0 atom stereocenters. The van der Waals surface area contributed by atoms with Crippen LogP contribution in [0.3, 0.4) is 0 Å². The number of hydrogen-bond acceptors (Lipinski definition) is 2. The Morgan fingerprint density at radius 1 is 1.18 bits per heavy atom. The number of aromatic nitrogens is 1. The summed E-state index contributed by atoms with van der Waals surface area (Å²) in [5.41, 5.74) is 1.15. The highest BCUT2D eigenvalue weighted by molar-refractivity contribution is 9.10. The van der Waals surface area contributed by atoms with Gasteiger partial charge in [0.25, 0.3) is 0 Å². The molecule has 0 aliphatic rings. The zero-order valence-electron chi connectivity index (χ0n) is 9.07. The molecular weight excluding hydrogens is 285 g/mol. The van der Waals surface area contributed by atoms with Crippen molar-refractivity contribution in [2.75, 3.05) is 6.61 Å². The molecule has 0 saturated carbocycles. The second-order valence-electron chi connectivity index (χ2n) is 3.53. The predicted octanol–water partition coefficient (Wildman–Crippen LogP) is 3.60. The van der Waals surface area contributed by atoms with E-state index in [1.165, 1.54) is 12.1 Å². The van der Waals surface area contributed by atoms with E-state index in [1.54, 1.807) is 18.5 Å². The molecule has 0 bridgehead atoms. The summed E-state index contributed by atoms with van der Waals surface area (Å²) in [4.78, 5) is 3.94.